The first-order valence-electron chi connectivity index (χ1n) is 4.75. The van der Waals surface area contributed by atoms with Gasteiger partial charge in [-0.2, -0.15) is 0 Å². The Bertz CT molecular complexity index is 339. The average molecular weight is 265 g/mol. The van der Waals surface area contributed by atoms with Crippen LogP contribution in [0.25, 0.3) is 0 Å². The first-order valence-corrected chi connectivity index (χ1v) is 6.49. The fourth-order valence-electron chi connectivity index (χ4n) is 0.923. The number of aliphatic hydroxyl groups is 1. The van der Waals surface area contributed by atoms with Crippen LogP contribution in [0.4, 0.5) is 0 Å². The highest BCUT2D eigenvalue weighted by Gasteiger charge is 2.18. The molecule has 0 spiro atoms. The van der Waals surface area contributed by atoms with E-state index < -0.39 is 5.60 Å². The summed E-state index contributed by atoms with van der Waals surface area (Å²) in [6, 6.07) is 5.35. The molecule has 1 N–H and O–H groups in total. The number of rotatable bonds is 4. The summed E-state index contributed by atoms with van der Waals surface area (Å²) in [5.41, 5.74) is -0.656. The van der Waals surface area contributed by atoms with Crippen LogP contribution in [0.15, 0.2) is 23.1 Å². The van der Waals surface area contributed by atoms with E-state index >= 15 is 0 Å². The highest BCUT2D eigenvalue weighted by molar-refractivity contribution is 7.99. The summed E-state index contributed by atoms with van der Waals surface area (Å²) in [5.74, 6) is 0.615. The molecule has 0 radical (unpaired) electrons. The van der Waals surface area contributed by atoms with Crippen molar-refractivity contribution in [3.8, 4) is 0 Å². The van der Waals surface area contributed by atoms with E-state index in [-0.39, 0.29) is 0 Å². The van der Waals surface area contributed by atoms with Crippen molar-refractivity contribution < 1.29 is 5.11 Å². The highest BCUT2D eigenvalue weighted by atomic mass is 35.5. The first-order chi connectivity index (χ1) is 6.94. The standard InChI is InChI=1S/C11H14Cl2OS/c1-3-11(2,14)7-15-10-6-8(12)4-5-9(10)13/h4-6,14H,3,7H2,1-2H3. The quantitative estimate of drug-likeness (QED) is 0.821. The minimum absolute atomic E-state index is 0.615. The molecule has 0 aromatic heterocycles. The molecule has 15 heavy (non-hydrogen) atoms. The van der Waals surface area contributed by atoms with Crippen LogP contribution < -0.4 is 0 Å². The number of hydrogen-bond donors (Lipinski definition) is 1. The Morgan fingerprint density at radius 1 is 1.40 bits per heavy atom. The molecule has 0 aliphatic rings. The van der Waals surface area contributed by atoms with Gasteiger partial charge in [-0.15, -0.1) is 11.8 Å². The zero-order valence-corrected chi connectivity index (χ0v) is 11.1. The molecule has 1 rings (SSSR count). The number of thioether (sulfide) groups is 1. The van der Waals surface area contributed by atoms with E-state index in [0.717, 1.165) is 11.3 Å². The molecule has 1 aromatic rings. The lowest BCUT2D eigenvalue weighted by Crippen LogP contribution is -2.25. The van der Waals surface area contributed by atoms with Crippen molar-refractivity contribution in [2.75, 3.05) is 5.75 Å². The minimum Gasteiger partial charge on any atom is -0.389 e. The van der Waals surface area contributed by atoms with Gasteiger partial charge in [-0.1, -0.05) is 30.1 Å². The van der Waals surface area contributed by atoms with Crippen molar-refractivity contribution >= 4 is 35.0 Å². The maximum absolute atomic E-state index is 9.85. The van der Waals surface area contributed by atoms with E-state index in [9.17, 15) is 5.11 Å². The highest BCUT2D eigenvalue weighted by Crippen LogP contribution is 2.32. The fraction of sp³-hybridized carbons (Fsp3) is 0.455. The molecule has 0 aliphatic carbocycles. The maximum atomic E-state index is 9.85. The van der Waals surface area contributed by atoms with Crippen molar-refractivity contribution in [2.45, 2.75) is 30.8 Å². The Morgan fingerprint density at radius 3 is 2.67 bits per heavy atom. The monoisotopic (exact) mass is 264 g/mol. The molecule has 0 bridgehead atoms. The van der Waals surface area contributed by atoms with Gasteiger partial charge in [0.05, 0.1) is 10.6 Å². The zero-order chi connectivity index (χ0) is 11.5. The predicted molar refractivity (Wildman–Crippen MR) is 68.1 cm³/mol. The van der Waals surface area contributed by atoms with Crippen LogP contribution >= 0.6 is 35.0 Å². The summed E-state index contributed by atoms with van der Waals surface area (Å²) in [6.07, 6.45) is 0.720. The Morgan fingerprint density at radius 2 is 2.07 bits per heavy atom. The lowest BCUT2D eigenvalue weighted by Gasteiger charge is -2.20. The van der Waals surface area contributed by atoms with E-state index in [4.69, 9.17) is 23.2 Å². The summed E-state index contributed by atoms with van der Waals surface area (Å²) < 4.78 is 0. The van der Waals surface area contributed by atoms with Crippen molar-refractivity contribution in [1.29, 1.82) is 0 Å². The summed E-state index contributed by atoms with van der Waals surface area (Å²) >= 11 is 13.4. The molecule has 0 heterocycles. The Kier molecular flexibility index (Phi) is 4.78. The summed E-state index contributed by atoms with van der Waals surface area (Å²) in [4.78, 5) is 0.915. The number of hydrogen-bond acceptors (Lipinski definition) is 2. The minimum atomic E-state index is -0.656. The third-order valence-electron chi connectivity index (χ3n) is 2.19. The van der Waals surface area contributed by atoms with Gasteiger partial charge < -0.3 is 5.11 Å². The molecule has 0 saturated heterocycles. The molecule has 1 unspecified atom stereocenters. The van der Waals surface area contributed by atoms with Gasteiger partial charge in [0.2, 0.25) is 0 Å². The largest absolute Gasteiger partial charge is 0.389 e. The second-order valence-corrected chi connectivity index (χ2v) is 5.57. The van der Waals surface area contributed by atoms with Crippen LogP contribution in [0.1, 0.15) is 20.3 Å². The van der Waals surface area contributed by atoms with Crippen molar-refractivity contribution in [2.24, 2.45) is 0 Å². The molecule has 1 nitrogen and oxygen atoms in total. The van der Waals surface area contributed by atoms with Gasteiger partial charge in [-0.05, 0) is 31.5 Å². The Labute approximate surface area is 105 Å². The third kappa shape index (κ3) is 4.23. The lowest BCUT2D eigenvalue weighted by atomic mass is 10.1. The summed E-state index contributed by atoms with van der Waals surface area (Å²) in [5, 5.41) is 11.2. The molecular weight excluding hydrogens is 251 g/mol. The van der Waals surface area contributed by atoms with E-state index in [1.165, 1.54) is 11.8 Å². The van der Waals surface area contributed by atoms with E-state index in [0.29, 0.717) is 15.8 Å². The molecule has 84 valence electrons. The van der Waals surface area contributed by atoms with E-state index in [2.05, 4.69) is 0 Å². The van der Waals surface area contributed by atoms with Crippen molar-refractivity contribution in [3.63, 3.8) is 0 Å². The molecule has 1 aromatic carbocycles. The first kappa shape index (κ1) is 13.2. The topological polar surface area (TPSA) is 20.2 Å². The average Bonchev–Trinajstić information content (AvgIpc) is 2.20. The Hall–Kier alpha value is 0.110. The van der Waals surface area contributed by atoms with Gasteiger partial charge in [-0.25, -0.2) is 0 Å². The van der Waals surface area contributed by atoms with Gasteiger partial charge in [0.1, 0.15) is 0 Å². The number of benzene rings is 1. The van der Waals surface area contributed by atoms with E-state index in [1.807, 2.05) is 19.9 Å². The van der Waals surface area contributed by atoms with Gasteiger partial charge in [0.25, 0.3) is 0 Å². The molecule has 0 amide bonds. The van der Waals surface area contributed by atoms with Crippen LogP contribution in [-0.2, 0) is 0 Å². The van der Waals surface area contributed by atoms with Gasteiger partial charge in [0, 0.05) is 15.7 Å². The normalized spacial score (nSPS) is 15.0. The zero-order valence-electron chi connectivity index (χ0n) is 8.76. The molecule has 0 aliphatic heterocycles. The van der Waals surface area contributed by atoms with E-state index in [1.54, 1.807) is 12.1 Å². The van der Waals surface area contributed by atoms with Crippen LogP contribution in [0, 0.1) is 0 Å². The molecule has 0 saturated carbocycles. The van der Waals surface area contributed by atoms with Crippen LogP contribution in [0.5, 0.6) is 0 Å². The summed E-state index contributed by atoms with van der Waals surface area (Å²) in [6.45, 7) is 3.78. The Balaban J connectivity index is 2.69. The fourth-order valence-corrected chi connectivity index (χ4v) is 2.53. The molecular formula is C11H14Cl2OS. The van der Waals surface area contributed by atoms with Crippen molar-refractivity contribution in [1.82, 2.24) is 0 Å². The van der Waals surface area contributed by atoms with Crippen LogP contribution in [-0.4, -0.2) is 16.5 Å². The van der Waals surface area contributed by atoms with Gasteiger partial charge in [-0.3, -0.25) is 0 Å². The SMILES string of the molecule is CCC(C)(O)CSc1cc(Cl)ccc1Cl. The lowest BCUT2D eigenvalue weighted by molar-refractivity contribution is 0.0816. The predicted octanol–water partition coefficient (Wildman–Crippen LogP) is 4.25. The molecule has 4 heteroatoms. The molecule has 0 fully saturated rings. The second-order valence-electron chi connectivity index (χ2n) is 3.71. The molecule has 1 atom stereocenters. The van der Waals surface area contributed by atoms with Gasteiger partial charge in [0.15, 0.2) is 0 Å². The maximum Gasteiger partial charge on any atom is 0.0710 e. The number of halogens is 2. The van der Waals surface area contributed by atoms with Crippen LogP contribution in [0.2, 0.25) is 10.0 Å². The van der Waals surface area contributed by atoms with Crippen LogP contribution in [0.3, 0.4) is 0 Å². The van der Waals surface area contributed by atoms with Gasteiger partial charge >= 0.3 is 0 Å². The van der Waals surface area contributed by atoms with Crippen molar-refractivity contribution in [3.05, 3.63) is 28.2 Å². The smallest absolute Gasteiger partial charge is 0.0710 e. The third-order valence-corrected chi connectivity index (χ3v) is 4.29. The summed E-state index contributed by atoms with van der Waals surface area (Å²) in [7, 11) is 0. The second kappa shape index (κ2) is 5.44.